The van der Waals surface area contributed by atoms with Gasteiger partial charge in [-0.1, -0.05) is 32.0 Å². The maximum atomic E-state index is 11.9. The van der Waals surface area contributed by atoms with Crippen LogP contribution in [0.4, 0.5) is 5.69 Å². The number of ether oxygens (including phenoxy) is 1. The van der Waals surface area contributed by atoms with E-state index in [-0.39, 0.29) is 5.56 Å². The Kier molecular flexibility index (Phi) is 6.21. The van der Waals surface area contributed by atoms with E-state index in [1.165, 1.54) is 4.68 Å². The van der Waals surface area contributed by atoms with Gasteiger partial charge >= 0.3 is 0 Å². The SMILES string of the molecule is CC(C)CCOc1ccccc1CNc1cnn(C)c(=O)c1Br. The number of nitrogens with one attached hydrogen (secondary N) is 1. The maximum absolute atomic E-state index is 11.9. The van der Waals surface area contributed by atoms with Gasteiger partial charge in [-0.05, 0) is 34.3 Å². The summed E-state index contributed by atoms with van der Waals surface area (Å²) in [5, 5.41) is 7.26. The van der Waals surface area contributed by atoms with Gasteiger partial charge in [-0.15, -0.1) is 0 Å². The molecule has 0 aliphatic rings. The highest BCUT2D eigenvalue weighted by molar-refractivity contribution is 9.10. The Labute approximate surface area is 144 Å². The molecule has 0 saturated heterocycles. The number of halogens is 1. The average Bonchev–Trinajstić information content (AvgIpc) is 2.53. The number of para-hydroxylation sites is 1. The molecule has 0 aliphatic heterocycles. The molecule has 1 N–H and O–H groups in total. The number of hydrogen-bond donors (Lipinski definition) is 1. The van der Waals surface area contributed by atoms with E-state index in [9.17, 15) is 4.79 Å². The zero-order valence-electron chi connectivity index (χ0n) is 13.7. The standard InChI is InChI=1S/C17H22BrN3O2/c1-12(2)8-9-23-15-7-5-4-6-13(15)10-19-14-11-20-21(3)17(22)16(14)18/h4-7,11-12,19H,8-10H2,1-3H3. The molecule has 0 aliphatic carbocycles. The molecule has 0 radical (unpaired) electrons. The molecule has 1 heterocycles. The Hall–Kier alpha value is -1.82. The van der Waals surface area contributed by atoms with Crippen LogP contribution in [0, 0.1) is 5.92 Å². The first-order chi connectivity index (χ1) is 11.0. The minimum Gasteiger partial charge on any atom is -0.493 e. The Bertz CT molecular complexity index is 713. The molecule has 6 heteroatoms. The molecule has 2 rings (SSSR count). The van der Waals surface area contributed by atoms with E-state index in [0.717, 1.165) is 17.7 Å². The summed E-state index contributed by atoms with van der Waals surface area (Å²) in [5.41, 5.74) is 1.55. The van der Waals surface area contributed by atoms with Crippen molar-refractivity contribution < 1.29 is 4.74 Å². The van der Waals surface area contributed by atoms with Crippen LogP contribution >= 0.6 is 15.9 Å². The Balaban J connectivity index is 2.06. The van der Waals surface area contributed by atoms with Crippen molar-refractivity contribution in [3.63, 3.8) is 0 Å². The van der Waals surface area contributed by atoms with Crippen molar-refractivity contribution >= 4 is 21.6 Å². The van der Waals surface area contributed by atoms with Gasteiger partial charge in [0.05, 0.1) is 18.5 Å². The number of benzene rings is 1. The Morgan fingerprint density at radius 2 is 2.09 bits per heavy atom. The van der Waals surface area contributed by atoms with Gasteiger partial charge in [0.15, 0.2) is 0 Å². The first-order valence-corrected chi connectivity index (χ1v) is 8.44. The minimum absolute atomic E-state index is 0.170. The van der Waals surface area contributed by atoms with Crippen LogP contribution in [0.2, 0.25) is 0 Å². The zero-order chi connectivity index (χ0) is 16.8. The number of aryl methyl sites for hydroxylation is 1. The van der Waals surface area contributed by atoms with Gasteiger partial charge in [-0.25, -0.2) is 4.68 Å². The van der Waals surface area contributed by atoms with Crippen LogP contribution < -0.4 is 15.6 Å². The largest absolute Gasteiger partial charge is 0.493 e. The normalized spacial score (nSPS) is 10.8. The van der Waals surface area contributed by atoms with E-state index < -0.39 is 0 Å². The molecule has 2 aromatic rings. The van der Waals surface area contributed by atoms with Crippen molar-refractivity contribution in [1.29, 1.82) is 0 Å². The fraction of sp³-hybridized carbons (Fsp3) is 0.412. The van der Waals surface area contributed by atoms with Crippen LogP contribution in [-0.2, 0) is 13.6 Å². The number of hydrogen-bond acceptors (Lipinski definition) is 4. The number of aromatic nitrogens is 2. The van der Waals surface area contributed by atoms with E-state index in [2.05, 4.69) is 40.2 Å². The van der Waals surface area contributed by atoms with Gasteiger partial charge in [0.1, 0.15) is 10.2 Å². The molecule has 0 atom stereocenters. The third-order valence-corrected chi connectivity index (χ3v) is 4.24. The van der Waals surface area contributed by atoms with Crippen molar-refractivity contribution in [2.24, 2.45) is 13.0 Å². The molecule has 0 bridgehead atoms. The van der Waals surface area contributed by atoms with Crippen LogP contribution in [0.3, 0.4) is 0 Å². The monoisotopic (exact) mass is 379 g/mol. The summed E-state index contributed by atoms with van der Waals surface area (Å²) in [7, 11) is 1.62. The molecule has 1 aromatic carbocycles. The van der Waals surface area contributed by atoms with Crippen LogP contribution in [-0.4, -0.2) is 16.4 Å². The molecular weight excluding hydrogens is 358 g/mol. The molecule has 0 amide bonds. The second kappa shape index (κ2) is 8.15. The molecular formula is C17H22BrN3O2. The average molecular weight is 380 g/mol. The fourth-order valence-electron chi connectivity index (χ4n) is 2.02. The lowest BCUT2D eigenvalue weighted by Crippen LogP contribution is -2.21. The summed E-state index contributed by atoms with van der Waals surface area (Å²) in [6, 6.07) is 7.92. The first kappa shape index (κ1) is 17.5. The first-order valence-electron chi connectivity index (χ1n) is 7.65. The topological polar surface area (TPSA) is 56.1 Å². The lowest BCUT2D eigenvalue weighted by Gasteiger charge is -2.14. The predicted octanol–water partition coefficient (Wildman–Crippen LogP) is 3.58. The Morgan fingerprint density at radius 1 is 1.35 bits per heavy atom. The number of rotatable bonds is 7. The minimum atomic E-state index is -0.170. The van der Waals surface area contributed by atoms with Crippen molar-refractivity contribution in [2.75, 3.05) is 11.9 Å². The molecule has 1 aromatic heterocycles. The van der Waals surface area contributed by atoms with Crippen LogP contribution in [0.15, 0.2) is 39.7 Å². The molecule has 5 nitrogen and oxygen atoms in total. The second-order valence-corrected chi connectivity index (χ2v) is 6.59. The van der Waals surface area contributed by atoms with E-state index in [1.54, 1.807) is 13.2 Å². The summed E-state index contributed by atoms with van der Waals surface area (Å²) in [6.45, 7) is 5.62. The van der Waals surface area contributed by atoms with Crippen LogP contribution in [0.1, 0.15) is 25.8 Å². The van der Waals surface area contributed by atoms with E-state index in [1.807, 2.05) is 24.3 Å². The summed E-state index contributed by atoms with van der Waals surface area (Å²) >= 11 is 3.31. The number of nitrogens with zero attached hydrogens (tertiary/aromatic N) is 2. The van der Waals surface area contributed by atoms with Crippen LogP contribution in [0.5, 0.6) is 5.75 Å². The van der Waals surface area contributed by atoms with Crippen molar-refractivity contribution in [3.05, 3.63) is 50.9 Å². The predicted molar refractivity (Wildman–Crippen MR) is 95.9 cm³/mol. The van der Waals surface area contributed by atoms with E-state index >= 15 is 0 Å². The summed E-state index contributed by atoms with van der Waals surface area (Å²) in [5.74, 6) is 1.48. The summed E-state index contributed by atoms with van der Waals surface area (Å²) in [6.07, 6.45) is 2.65. The zero-order valence-corrected chi connectivity index (χ0v) is 15.3. The summed E-state index contributed by atoms with van der Waals surface area (Å²) < 4.78 is 7.65. The van der Waals surface area contributed by atoms with Gasteiger partial charge < -0.3 is 10.1 Å². The highest BCUT2D eigenvalue weighted by Crippen LogP contribution is 2.22. The van der Waals surface area contributed by atoms with Gasteiger partial charge in [-0.2, -0.15) is 5.10 Å². The summed E-state index contributed by atoms with van der Waals surface area (Å²) in [4.78, 5) is 11.9. The fourth-order valence-corrected chi connectivity index (χ4v) is 2.52. The van der Waals surface area contributed by atoms with E-state index in [0.29, 0.717) is 29.2 Å². The second-order valence-electron chi connectivity index (χ2n) is 5.79. The van der Waals surface area contributed by atoms with E-state index in [4.69, 9.17) is 4.74 Å². The van der Waals surface area contributed by atoms with Gasteiger partial charge in [-0.3, -0.25) is 4.79 Å². The quantitative estimate of drug-likeness (QED) is 0.798. The van der Waals surface area contributed by atoms with Crippen molar-refractivity contribution in [2.45, 2.75) is 26.8 Å². The van der Waals surface area contributed by atoms with Crippen molar-refractivity contribution in [1.82, 2.24) is 9.78 Å². The third-order valence-electron chi connectivity index (χ3n) is 3.47. The smallest absolute Gasteiger partial charge is 0.282 e. The van der Waals surface area contributed by atoms with Crippen LogP contribution in [0.25, 0.3) is 0 Å². The molecule has 0 spiro atoms. The molecule has 23 heavy (non-hydrogen) atoms. The third kappa shape index (κ3) is 4.82. The lowest BCUT2D eigenvalue weighted by molar-refractivity contribution is 0.287. The van der Waals surface area contributed by atoms with Gasteiger partial charge in [0, 0.05) is 19.2 Å². The van der Waals surface area contributed by atoms with Crippen molar-refractivity contribution in [3.8, 4) is 5.75 Å². The van der Waals surface area contributed by atoms with Gasteiger partial charge in [0.2, 0.25) is 0 Å². The molecule has 0 unspecified atom stereocenters. The maximum Gasteiger partial charge on any atom is 0.282 e. The molecule has 0 fully saturated rings. The molecule has 0 saturated carbocycles. The highest BCUT2D eigenvalue weighted by atomic mass is 79.9. The Morgan fingerprint density at radius 3 is 2.83 bits per heavy atom. The molecule has 124 valence electrons. The van der Waals surface area contributed by atoms with Gasteiger partial charge in [0.25, 0.3) is 5.56 Å². The highest BCUT2D eigenvalue weighted by Gasteiger charge is 2.08. The lowest BCUT2D eigenvalue weighted by atomic mass is 10.1. The number of anilines is 1.